The number of carboxylic acids is 1. The molecular weight excluding hydrogens is 480 g/mol. The molecule has 5 rings (SSSR count). The van der Waals surface area contributed by atoms with Gasteiger partial charge in [0.05, 0.1) is 5.56 Å². The highest BCUT2D eigenvalue weighted by Gasteiger charge is 2.26. The molecule has 184 valence electrons. The normalized spacial score (nSPS) is 13.7. The second kappa shape index (κ2) is 10.4. The van der Waals surface area contributed by atoms with Crippen LogP contribution in [-0.2, 0) is 22.4 Å². The van der Waals surface area contributed by atoms with Crippen LogP contribution >= 0.6 is 11.6 Å². The van der Waals surface area contributed by atoms with Crippen LogP contribution in [0, 0.1) is 0 Å². The van der Waals surface area contributed by atoms with Gasteiger partial charge in [0, 0.05) is 34.2 Å². The Labute approximate surface area is 213 Å². The zero-order valence-electron chi connectivity index (χ0n) is 19.4. The fourth-order valence-corrected chi connectivity index (χ4v) is 4.58. The van der Waals surface area contributed by atoms with E-state index in [1.165, 1.54) is 0 Å². The van der Waals surface area contributed by atoms with Crippen molar-refractivity contribution in [3.8, 4) is 5.75 Å². The summed E-state index contributed by atoms with van der Waals surface area (Å²) < 4.78 is 19.5. The molecule has 3 aromatic carbocycles. The van der Waals surface area contributed by atoms with Crippen LogP contribution in [0.2, 0.25) is 5.02 Å². The first kappa shape index (κ1) is 23.8. The standard InChI is InChI=1S/C28H25ClN2O5/c29-24-4-2-1-3-22(24)27(26-16-34-17-35-26)36-21-9-10-25-23(13-21)20(11-12-30)15-31(25)14-18-5-7-19(8-6-18)28(32)33/h1-10,13,15-16,27H,11-12,14,17,30H2,(H,32,33). The van der Waals surface area contributed by atoms with Crippen LogP contribution in [0.5, 0.6) is 5.75 Å². The number of nitrogens with zero attached hydrogens (tertiary/aromatic N) is 1. The Morgan fingerprint density at radius 1 is 1.14 bits per heavy atom. The highest BCUT2D eigenvalue weighted by Crippen LogP contribution is 2.36. The van der Waals surface area contributed by atoms with Crippen molar-refractivity contribution in [3.05, 3.63) is 112 Å². The van der Waals surface area contributed by atoms with Crippen LogP contribution in [0.25, 0.3) is 10.9 Å². The molecule has 1 aromatic heterocycles. The maximum atomic E-state index is 11.2. The minimum atomic E-state index is -0.939. The average molecular weight is 505 g/mol. The van der Waals surface area contributed by atoms with Crippen LogP contribution in [-0.4, -0.2) is 29.0 Å². The molecular formula is C28H25ClN2O5. The molecule has 0 amide bonds. The SMILES string of the molecule is NCCc1cn(Cc2ccc(C(=O)O)cc2)c2ccc(OC(C3=COCO3)c3ccccc3Cl)cc12. The average Bonchev–Trinajstić information content (AvgIpc) is 3.53. The molecule has 4 aromatic rings. The van der Waals surface area contributed by atoms with Gasteiger partial charge in [-0.2, -0.15) is 0 Å². The second-order valence-corrected chi connectivity index (χ2v) is 8.88. The number of fused-ring (bicyclic) bond motifs is 1. The van der Waals surface area contributed by atoms with E-state index in [0.717, 1.165) is 27.6 Å². The van der Waals surface area contributed by atoms with Gasteiger partial charge in [0.2, 0.25) is 6.79 Å². The Balaban J connectivity index is 1.48. The summed E-state index contributed by atoms with van der Waals surface area (Å²) in [4.78, 5) is 11.2. The van der Waals surface area contributed by atoms with Crippen molar-refractivity contribution in [2.24, 2.45) is 5.73 Å². The quantitative estimate of drug-likeness (QED) is 0.312. The first-order valence-corrected chi connectivity index (χ1v) is 11.9. The summed E-state index contributed by atoms with van der Waals surface area (Å²) in [5.41, 5.74) is 10.1. The number of rotatable bonds is 9. The Morgan fingerprint density at radius 3 is 2.64 bits per heavy atom. The largest absolute Gasteiger partial charge is 0.478 e. The number of ether oxygens (including phenoxy) is 3. The van der Waals surface area contributed by atoms with Gasteiger partial charge in [0.15, 0.2) is 11.9 Å². The third kappa shape index (κ3) is 4.89. The first-order chi connectivity index (χ1) is 17.5. The van der Waals surface area contributed by atoms with E-state index in [4.69, 9.17) is 36.7 Å². The molecule has 0 saturated heterocycles. The van der Waals surface area contributed by atoms with Crippen molar-refractivity contribution in [3.63, 3.8) is 0 Å². The molecule has 0 radical (unpaired) electrons. The predicted octanol–water partition coefficient (Wildman–Crippen LogP) is 5.51. The zero-order chi connectivity index (χ0) is 25.1. The molecule has 2 heterocycles. The van der Waals surface area contributed by atoms with E-state index in [1.807, 2.05) is 54.6 Å². The fourth-order valence-electron chi connectivity index (χ4n) is 4.35. The number of carboxylic acid groups (broad SMARTS) is 1. The zero-order valence-corrected chi connectivity index (χ0v) is 20.1. The Bertz CT molecular complexity index is 1430. The van der Waals surface area contributed by atoms with Gasteiger partial charge in [0.1, 0.15) is 12.0 Å². The lowest BCUT2D eigenvalue weighted by Crippen LogP contribution is -2.12. The Morgan fingerprint density at radius 2 is 1.94 bits per heavy atom. The van der Waals surface area contributed by atoms with Gasteiger partial charge in [0.25, 0.3) is 0 Å². The van der Waals surface area contributed by atoms with Crippen molar-refractivity contribution >= 4 is 28.5 Å². The van der Waals surface area contributed by atoms with Crippen molar-refractivity contribution in [1.82, 2.24) is 4.57 Å². The van der Waals surface area contributed by atoms with Gasteiger partial charge in [-0.15, -0.1) is 0 Å². The number of halogens is 1. The maximum Gasteiger partial charge on any atom is 0.335 e. The van der Waals surface area contributed by atoms with E-state index in [0.29, 0.717) is 36.0 Å². The lowest BCUT2D eigenvalue weighted by molar-refractivity contribution is 0.0555. The summed E-state index contributed by atoms with van der Waals surface area (Å²) >= 11 is 6.48. The molecule has 36 heavy (non-hydrogen) atoms. The Hall–Kier alpha value is -3.94. The van der Waals surface area contributed by atoms with Crippen molar-refractivity contribution in [2.45, 2.75) is 19.1 Å². The van der Waals surface area contributed by atoms with Gasteiger partial charge >= 0.3 is 5.97 Å². The maximum absolute atomic E-state index is 11.2. The predicted molar refractivity (Wildman–Crippen MR) is 137 cm³/mol. The van der Waals surface area contributed by atoms with Gasteiger partial charge < -0.3 is 29.6 Å². The molecule has 1 atom stereocenters. The minimum Gasteiger partial charge on any atom is -0.478 e. The van der Waals surface area contributed by atoms with Crippen LogP contribution in [0.1, 0.15) is 33.2 Å². The summed E-state index contributed by atoms with van der Waals surface area (Å²) in [5.74, 6) is 0.268. The van der Waals surface area contributed by atoms with E-state index >= 15 is 0 Å². The molecule has 0 fully saturated rings. The van der Waals surface area contributed by atoms with Crippen molar-refractivity contribution < 1.29 is 24.1 Å². The van der Waals surface area contributed by atoms with Crippen LogP contribution in [0.3, 0.4) is 0 Å². The third-order valence-electron chi connectivity index (χ3n) is 6.10. The monoisotopic (exact) mass is 504 g/mol. The Kier molecular flexibility index (Phi) is 6.84. The fraction of sp³-hybridized carbons (Fsp3) is 0.179. The molecule has 1 unspecified atom stereocenters. The number of hydrogen-bond donors (Lipinski definition) is 2. The first-order valence-electron chi connectivity index (χ1n) is 11.5. The summed E-state index contributed by atoms with van der Waals surface area (Å²) in [7, 11) is 0. The van der Waals surface area contributed by atoms with E-state index in [2.05, 4.69) is 10.8 Å². The van der Waals surface area contributed by atoms with E-state index in [-0.39, 0.29) is 12.4 Å². The van der Waals surface area contributed by atoms with Gasteiger partial charge in [-0.25, -0.2) is 4.79 Å². The van der Waals surface area contributed by atoms with Gasteiger partial charge in [-0.3, -0.25) is 0 Å². The van der Waals surface area contributed by atoms with Gasteiger partial charge in [-0.05, 0) is 60.5 Å². The number of carbonyl (C=O) groups is 1. The minimum absolute atomic E-state index is 0.135. The van der Waals surface area contributed by atoms with Crippen molar-refractivity contribution in [1.29, 1.82) is 0 Å². The molecule has 0 bridgehead atoms. The second-order valence-electron chi connectivity index (χ2n) is 8.47. The van der Waals surface area contributed by atoms with Crippen LogP contribution < -0.4 is 10.5 Å². The molecule has 1 aliphatic heterocycles. The number of aromatic nitrogens is 1. The van der Waals surface area contributed by atoms with E-state index < -0.39 is 12.1 Å². The summed E-state index contributed by atoms with van der Waals surface area (Å²) in [6.07, 6.45) is 3.79. The highest BCUT2D eigenvalue weighted by molar-refractivity contribution is 6.31. The summed E-state index contributed by atoms with van der Waals surface area (Å²) in [6.45, 7) is 1.24. The number of hydrogen-bond acceptors (Lipinski definition) is 5. The smallest absolute Gasteiger partial charge is 0.335 e. The number of nitrogens with two attached hydrogens (primary N) is 1. The van der Waals surface area contributed by atoms with Crippen LogP contribution in [0.15, 0.2) is 84.9 Å². The molecule has 0 spiro atoms. The van der Waals surface area contributed by atoms with E-state index in [9.17, 15) is 4.79 Å². The number of aromatic carboxylic acids is 1. The molecule has 0 saturated carbocycles. The summed E-state index contributed by atoms with van der Waals surface area (Å²) in [6, 6.07) is 20.3. The molecule has 3 N–H and O–H groups in total. The molecule has 0 aliphatic carbocycles. The summed E-state index contributed by atoms with van der Waals surface area (Å²) in [5, 5.41) is 10.8. The number of benzene rings is 3. The lowest BCUT2D eigenvalue weighted by atomic mass is 10.1. The molecule has 7 nitrogen and oxygen atoms in total. The van der Waals surface area contributed by atoms with E-state index in [1.54, 1.807) is 18.4 Å². The highest BCUT2D eigenvalue weighted by atomic mass is 35.5. The topological polar surface area (TPSA) is 95.9 Å². The molecule has 8 heteroatoms. The van der Waals surface area contributed by atoms with Crippen molar-refractivity contribution in [2.75, 3.05) is 13.3 Å². The third-order valence-corrected chi connectivity index (χ3v) is 6.44. The van der Waals surface area contributed by atoms with Crippen LogP contribution in [0.4, 0.5) is 0 Å². The molecule has 1 aliphatic rings. The lowest BCUT2D eigenvalue weighted by Gasteiger charge is -2.20. The van der Waals surface area contributed by atoms with Gasteiger partial charge in [-0.1, -0.05) is 41.9 Å².